The summed E-state index contributed by atoms with van der Waals surface area (Å²) in [4.78, 5) is 37.1. The van der Waals surface area contributed by atoms with Gasteiger partial charge < -0.3 is 5.11 Å². The minimum absolute atomic E-state index is 0.0315. The van der Waals surface area contributed by atoms with Gasteiger partial charge in [-0.3, -0.25) is 14.5 Å². The first-order valence-electron chi connectivity index (χ1n) is 7.27. The number of carboxylic acids is 1. The van der Waals surface area contributed by atoms with Crippen molar-refractivity contribution in [1.82, 2.24) is 4.90 Å². The highest BCUT2D eigenvalue weighted by Crippen LogP contribution is 2.33. The number of amides is 2. The molecule has 3 rings (SSSR count). The number of nitrogens with zero attached hydrogens (tertiary/aromatic N) is 1. The van der Waals surface area contributed by atoms with E-state index >= 15 is 0 Å². The first kappa shape index (κ1) is 17.3. The third-order valence-corrected chi connectivity index (χ3v) is 4.72. The quantitative estimate of drug-likeness (QED) is 0.810. The number of rotatable bonds is 4. The molecule has 1 aliphatic heterocycles. The average Bonchev–Trinajstić information content (AvgIpc) is 2.85. The van der Waals surface area contributed by atoms with Crippen LogP contribution in [0.3, 0.4) is 0 Å². The number of carbonyl (C=O) groups excluding carboxylic acids is 2. The van der Waals surface area contributed by atoms with Crippen LogP contribution in [0.5, 0.6) is 0 Å². The summed E-state index contributed by atoms with van der Waals surface area (Å²) in [6.07, 6.45) is 1.63. The van der Waals surface area contributed by atoms with Crippen molar-refractivity contribution in [3.05, 3.63) is 75.1 Å². The van der Waals surface area contributed by atoms with Gasteiger partial charge in [-0.05, 0) is 53.2 Å². The molecule has 0 bridgehead atoms. The Kier molecular flexibility index (Phi) is 4.92. The zero-order chi connectivity index (χ0) is 18.0. The third-order valence-electron chi connectivity index (χ3n) is 3.56. The predicted molar refractivity (Wildman–Crippen MR) is 96.4 cm³/mol. The van der Waals surface area contributed by atoms with Crippen molar-refractivity contribution in [2.45, 2.75) is 6.54 Å². The summed E-state index contributed by atoms with van der Waals surface area (Å²) in [5.74, 6) is -1.45. The van der Waals surface area contributed by atoms with E-state index in [-0.39, 0.29) is 17.3 Å². The molecule has 0 atom stereocenters. The lowest BCUT2D eigenvalue weighted by molar-refractivity contribution is -0.123. The Labute approximate surface area is 152 Å². The van der Waals surface area contributed by atoms with Gasteiger partial charge >= 0.3 is 5.97 Å². The van der Waals surface area contributed by atoms with Gasteiger partial charge in [0, 0.05) is 5.02 Å². The molecule has 0 saturated carbocycles. The molecular formula is C18H12ClNO4S. The summed E-state index contributed by atoms with van der Waals surface area (Å²) >= 11 is 6.69. The molecule has 126 valence electrons. The van der Waals surface area contributed by atoms with Gasteiger partial charge in [-0.15, -0.1) is 0 Å². The maximum atomic E-state index is 12.5. The van der Waals surface area contributed by atoms with Crippen LogP contribution in [-0.4, -0.2) is 27.1 Å². The van der Waals surface area contributed by atoms with Gasteiger partial charge in [0.25, 0.3) is 11.1 Å². The highest BCUT2D eigenvalue weighted by molar-refractivity contribution is 8.18. The second kappa shape index (κ2) is 7.13. The molecule has 0 spiro atoms. The van der Waals surface area contributed by atoms with Crippen LogP contribution in [0.15, 0.2) is 53.4 Å². The molecule has 0 aliphatic carbocycles. The van der Waals surface area contributed by atoms with Crippen LogP contribution < -0.4 is 0 Å². The van der Waals surface area contributed by atoms with E-state index in [0.29, 0.717) is 15.5 Å². The van der Waals surface area contributed by atoms with E-state index in [1.807, 2.05) is 0 Å². The van der Waals surface area contributed by atoms with Gasteiger partial charge in [0.1, 0.15) is 0 Å². The predicted octanol–water partition coefficient (Wildman–Crippen LogP) is 4.27. The standard InChI is InChI=1S/C18H12ClNO4S/c19-14-6-4-11(5-7-14)9-15-16(21)20(18(24)25-15)10-12-2-1-3-13(8-12)17(22)23/h1-9H,10H2,(H,22,23). The van der Waals surface area contributed by atoms with E-state index in [1.165, 1.54) is 12.1 Å². The van der Waals surface area contributed by atoms with E-state index < -0.39 is 11.9 Å². The number of aromatic carboxylic acids is 1. The van der Waals surface area contributed by atoms with Crippen LogP contribution in [-0.2, 0) is 11.3 Å². The lowest BCUT2D eigenvalue weighted by Gasteiger charge is -2.12. The molecule has 2 aromatic carbocycles. The number of hydrogen-bond donors (Lipinski definition) is 1. The molecule has 2 amide bonds. The molecule has 1 heterocycles. The van der Waals surface area contributed by atoms with E-state index in [4.69, 9.17) is 16.7 Å². The number of imide groups is 1. The van der Waals surface area contributed by atoms with Gasteiger partial charge in [0.15, 0.2) is 0 Å². The van der Waals surface area contributed by atoms with Crippen molar-refractivity contribution in [3.8, 4) is 0 Å². The Morgan fingerprint density at radius 2 is 1.88 bits per heavy atom. The Balaban J connectivity index is 1.81. The van der Waals surface area contributed by atoms with Crippen molar-refractivity contribution in [1.29, 1.82) is 0 Å². The summed E-state index contributed by atoms with van der Waals surface area (Å²) in [5.41, 5.74) is 1.46. The zero-order valence-electron chi connectivity index (χ0n) is 12.8. The minimum atomic E-state index is -1.06. The molecule has 7 heteroatoms. The lowest BCUT2D eigenvalue weighted by Crippen LogP contribution is -2.27. The van der Waals surface area contributed by atoms with Crippen LogP contribution in [0, 0.1) is 0 Å². The fraction of sp³-hybridized carbons (Fsp3) is 0.0556. The second-order valence-corrected chi connectivity index (χ2v) is 6.75. The van der Waals surface area contributed by atoms with Crippen LogP contribution in [0.1, 0.15) is 21.5 Å². The lowest BCUT2D eigenvalue weighted by atomic mass is 10.1. The minimum Gasteiger partial charge on any atom is -0.478 e. The Morgan fingerprint density at radius 1 is 1.16 bits per heavy atom. The topological polar surface area (TPSA) is 74.7 Å². The van der Waals surface area contributed by atoms with Gasteiger partial charge in [-0.25, -0.2) is 4.79 Å². The van der Waals surface area contributed by atoms with Crippen LogP contribution in [0.4, 0.5) is 4.79 Å². The molecule has 1 saturated heterocycles. The van der Waals surface area contributed by atoms with Gasteiger partial charge in [-0.2, -0.15) is 0 Å². The summed E-state index contributed by atoms with van der Waals surface area (Å²) in [5, 5.41) is 9.23. The van der Waals surface area contributed by atoms with Crippen molar-refractivity contribution in [3.63, 3.8) is 0 Å². The smallest absolute Gasteiger partial charge is 0.335 e. The highest BCUT2D eigenvalue weighted by atomic mass is 35.5. The monoisotopic (exact) mass is 373 g/mol. The first-order valence-corrected chi connectivity index (χ1v) is 8.46. The molecular weight excluding hydrogens is 362 g/mol. The molecule has 0 radical (unpaired) electrons. The van der Waals surface area contributed by atoms with E-state index in [0.717, 1.165) is 22.2 Å². The summed E-state index contributed by atoms with van der Waals surface area (Å²) in [6, 6.07) is 13.1. The summed E-state index contributed by atoms with van der Waals surface area (Å²) in [7, 11) is 0. The normalized spacial score (nSPS) is 15.9. The SMILES string of the molecule is O=C(O)c1cccc(CN2C(=O)SC(=Cc3ccc(Cl)cc3)C2=O)c1. The van der Waals surface area contributed by atoms with Crippen molar-refractivity contribution < 1.29 is 19.5 Å². The maximum Gasteiger partial charge on any atom is 0.335 e. The number of halogens is 1. The fourth-order valence-electron chi connectivity index (χ4n) is 2.33. The number of thioether (sulfide) groups is 1. The van der Waals surface area contributed by atoms with Gasteiger partial charge in [-0.1, -0.05) is 35.9 Å². The van der Waals surface area contributed by atoms with Gasteiger partial charge in [0.05, 0.1) is 17.0 Å². The van der Waals surface area contributed by atoms with Crippen molar-refractivity contribution in [2.24, 2.45) is 0 Å². The molecule has 0 aromatic heterocycles. The van der Waals surface area contributed by atoms with Crippen LogP contribution in [0.25, 0.3) is 6.08 Å². The Bertz CT molecular complexity index is 892. The van der Waals surface area contributed by atoms with Crippen LogP contribution in [0.2, 0.25) is 5.02 Å². The fourth-order valence-corrected chi connectivity index (χ4v) is 3.30. The van der Waals surface area contributed by atoms with E-state index in [9.17, 15) is 14.4 Å². The second-order valence-electron chi connectivity index (χ2n) is 5.32. The molecule has 25 heavy (non-hydrogen) atoms. The summed E-state index contributed by atoms with van der Waals surface area (Å²) < 4.78 is 0. The molecule has 1 N–H and O–H groups in total. The largest absolute Gasteiger partial charge is 0.478 e. The molecule has 1 aliphatic rings. The Morgan fingerprint density at radius 3 is 2.56 bits per heavy atom. The number of hydrogen-bond acceptors (Lipinski definition) is 4. The number of benzene rings is 2. The molecule has 5 nitrogen and oxygen atoms in total. The molecule has 1 fully saturated rings. The van der Waals surface area contributed by atoms with E-state index in [1.54, 1.807) is 42.5 Å². The molecule has 0 unspecified atom stereocenters. The number of carboxylic acid groups (broad SMARTS) is 1. The van der Waals surface area contributed by atoms with Crippen molar-refractivity contribution >= 4 is 46.6 Å². The van der Waals surface area contributed by atoms with Crippen LogP contribution >= 0.6 is 23.4 Å². The van der Waals surface area contributed by atoms with Gasteiger partial charge in [0.2, 0.25) is 0 Å². The van der Waals surface area contributed by atoms with E-state index in [2.05, 4.69) is 0 Å². The third kappa shape index (κ3) is 3.92. The number of carbonyl (C=O) groups is 3. The first-order chi connectivity index (χ1) is 11.9. The maximum absolute atomic E-state index is 12.5. The highest BCUT2D eigenvalue weighted by Gasteiger charge is 2.35. The van der Waals surface area contributed by atoms with Crippen molar-refractivity contribution in [2.75, 3.05) is 0 Å². The Hall–Kier alpha value is -2.57. The zero-order valence-corrected chi connectivity index (χ0v) is 14.4. The average molecular weight is 374 g/mol. The molecule has 2 aromatic rings. The summed E-state index contributed by atoms with van der Waals surface area (Å²) in [6.45, 7) is 0.0315.